The molecular formula is C18H22FN5O. The van der Waals surface area contributed by atoms with Crippen molar-refractivity contribution in [3.8, 4) is 11.1 Å². The molecule has 0 aliphatic carbocycles. The molecule has 7 heteroatoms. The van der Waals surface area contributed by atoms with Crippen molar-refractivity contribution >= 4 is 16.9 Å². The van der Waals surface area contributed by atoms with Crippen molar-refractivity contribution in [1.29, 1.82) is 0 Å². The monoisotopic (exact) mass is 343 g/mol. The number of nitrogens with one attached hydrogen (secondary N) is 1. The molecule has 0 unspecified atom stereocenters. The highest BCUT2D eigenvalue weighted by Gasteiger charge is 2.23. The number of rotatable bonds is 2. The largest absolute Gasteiger partial charge is 0.360 e. The summed E-state index contributed by atoms with van der Waals surface area (Å²) in [5, 5.41) is 5.46. The van der Waals surface area contributed by atoms with Gasteiger partial charge in [-0.2, -0.15) is 5.10 Å². The number of amides is 2. The topological polar surface area (TPSA) is 79.9 Å². The number of halogens is 1. The number of aromatic nitrogens is 3. The Bertz CT molecular complexity index is 892. The number of benzene rings is 1. The molecule has 3 heterocycles. The maximum atomic E-state index is 13.3. The fraction of sp³-hybridized carbons (Fsp3) is 0.333. The maximum Gasteiger partial charge on any atom is 0.314 e. The summed E-state index contributed by atoms with van der Waals surface area (Å²) in [4.78, 5) is 16.0. The highest BCUT2D eigenvalue weighted by Crippen LogP contribution is 2.30. The van der Waals surface area contributed by atoms with Crippen LogP contribution in [0.1, 0.15) is 26.3 Å². The van der Waals surface area contributed by atoms with Gasteiger partial charge in [-0.15, -0.1) is 0 Å². The van der Waals surface area contributed by atoms with Gasteiger partial charge in [0.25, 0.3) is 0 Å². The lowest BCUT2D eigenvalue weighted by Crippen LogP contribution is -2.42. The minimum atomic E-state index is -0.361. The second-order valence-corrected chi connectivity index (χ2v) is 6.16. The van der Waals surface area contributed by atoms with Gasteiger partial charge in [-0.05, 0) is 31.0 Å². The number of primary amides is 1. The van der Waals surface area contributed by atoms with Crippen molar-refractivity contribution in [2.24, 2.45) is 5.73 Å². The number of aromatic amines is 1. The molecule has 1 aromatic carbocycles. The van der Waals surface area contributed by atoms with E-state index in [0.29, 0.717) is 13.1 Å². The molecule has 0 atom stereocenters. The van der Waals surface area contributed by atoms with Crippen LogP contribution in [0.25, 0.3) is 22.0 Å². The molecule has 1 aliphatic rings. The van der Waals surface area contributed by atoms with Crippen molar-refractivity contribution in [2.75, 3.05) is 13.1 Å². The summed E-state index contributed by atoms with van der Waals surface area (Å²) in [5.41, 5.74) is 8.08. The first-order chi connectivity index (χ1) is 11.6. The molecule has 0 spiro atoms. The van der Waals surface area contributed by atoms with Gasteiger partial charge >= 0.3 is 6.03 Å². The number of carbonyl (C=O) groups excluding carboxylic acids is 1. The van der Waals surface area contributed by atoms with Crippen LogP contribution in [0.4, 0.5) is 9.18 Å². The Kier molecular flexibility index (Phi) is 4.48. The van der Waals surface area contributed by atoms with Gasteiger partial charge in [0, 0.05) is 47.5 Å². The molecule has 0 saturated carbocycles. The van der Waals surface area contributed by atoms with Crippen LogP contribution in [-0.2, 0) is 0 Å². The number of nitrogens with two attached hydrogens (primary N) is 1. The maximum absolute atomic E-state index is 13.3. The lowest BCUT2D eigenvalue weighted by molar-refractivity contribution is 0.177. The number of nitrogens with zero attached hydrogens (tertiary/aromatic N) is 3. The Morgan fingerprint density at radius 1 is 1.32 bits per heavy atom. The van der Waals surface area contributed by atoms with E-state index in [1.807, 2.05) is 23.3 Å². The number of likely N-dealkylation sites (tertiary alicyclic amines) is 1. The summed E-state index contributed by atoms with van der Waals surface area (Å²) in [6.07, 6.45) is 7.39. The number of urea groups is 1. The predicted molar refractivity (Wildman–Crippen MR) is 95.6 cm³/mol. The zero-order chi connectivity index (χ0) is 16.7. The summed E-state index contributed by atoms with van der Waals surface area (Å²) in [6.45, 7) is 1.31. The third kappa shape index (κ3) is 3.09. The van der Waals surface area contributed by atoms with E-state index in [1.54, 1.807) is 11.0 Å². The van der Waals surface area contributed by atoms with Gasteiger partial charge in [0.05, 0.1) is 12.2 Å². The summed E-state index contributed by atoms with van der Waals surface area (Å²) in [5.74, 6) is -0.257. The Morgan fingerprint density at radius 2 is 2.08 bits per heavy atom. The molecule has 3 N–H and O–H groups in total. The van der Waals surface area contributed by atoms with Gasteiger partial charge in [-0.25, -0.2) is 9.18 Å². The first kappa shape index (κ1) is 17.0. The molecule has 0 radical (unpaired) electrons. The standard InChI is InChI=1S/C17H18FN5O.CH4/c18-12-1-2-14-15(9-20-16(14)7-12)11-8-21-23(10-11)13-3-5-22(6-4-13)17(19)24;/h1-2,7-10,13,20H,3-6H2,(H2,19,24);1H4. The zero-order valence-electron chi connectivity index (χ0n) is 13.1. The molecule has 6 nitrogen and oxygen atoms in total. The zero-order valence-corrected chi connectivity index (χ0v) is 13.1. The first-order valence-corrected chi connectivity index (χ1v) is 7.97. The summed E-state index contributed by atoms with van der Waals surface area (Å²) in [6, 6.07) is 4.63. The third-order valence-corrected chi connectivity index (χ3v) is 4.71. The van der Waals surface area contributed by atoms with Crippen LogP contribution >= 0.6 is 0 Å². The Labute approximate surface area is 145 Å². The summed E-state index contributed by atoms with van der Waals surface area (Å²) < 4.78 is 15.3. The van der Waals surface area contributed by atoms with E-state index in [9.17, 15) is 9.18 Å². The average molecular weight is 343 g/mol. The molecule has 1 aliphatic heterocycles. The summed E-state index contributed by atoms with van der Waals surface area (Å²) >= 11 is 0. The van der Waals surface area contributed by atoms with Gasteiger partial charge in [0.1, 0.15) is 5.82 Å². The average Bonchev–Trinajstić information content (AvgIpc) is 3.21. The Hall–Kier alpha value is -2.83. The Balaban J connectivity index is 0.00000182. The molecule has 2 amide bonds. The smallest absolute Gasteiger partial charge is 0.314 e. The minimum absolute atomic E-state index is 0. The highest BCUT2D eigenvalue weighted by molar-refractivity contribution is 5.95. The number of piperidine rings is 1. The molecular weight excluding hydrogens is 321 g/mol. The fourth-order valence-corrected chi connectivity index (χ4v) is 3.36. The van der Waals surface area contributed by atoms with Crippen LogP contribution < -0.4 is 5.73 Å². The fourth-order valence-electron chi connectivity index (χ4n) is 3.36. The second-order valence-electron chi connectivity index (χ2n) is 6.16. The van der Waals surface area contributed by atoms with Crippen molar-refractivity contribution in [1.82, 2.24) is 19.7 Å². The number of carbonyl (C=O) groups is 1. The van der Waals surface area contributed by atoms with Crippen LogP contribution in [0.3, 0.4) is 0 Å². The third-order valence-electron chi connectivity index (χ3n) is 4.71. The number of hydrogen-bond donors (Lipinski definition) is 2. The molecule has 25 heavy (non-hydrogen) atoms. The van der Waals surface area contributed by atoms with E-state index >= 15 is 0 Å². The lowest BCUT2D eigenvalue weighted by atomic mass is 10.1. The van der Waals surface area contributed by atoms with Gasteiger partial charge in [-0.1, -0.05) is 7.43 Å². The van der Waals surface area contributed by atoms with Crippen LogP contribution in [0, 0.1) is 5.82 Å². The SMILES string of the molecule is C.NC(=O)N1CCC(n2cc(-c3c[nH]c4cc(F)ccc34)cn2)CC1. The van der Waals surface area contributed by atoms with Crippen LogP contribution in [0.15, 0.2) is 36.8 Å². The molecule has 3 aromatic rings. The molecule has 1 saturated heterocycles. The van der Waals surface area contributed by atoms with E-state index in [0.717, 1.165) is 34.9 Å². The van der Waals surface area contributed by atoms with Gasteiger partial charge in [0.15, 0.2) is 0 Å². The molecule has 2 aromatic heterocycles. The normalized spacial score (nSPS) is 15.3. The molecule has 132 valence electrons. The van der Waals surface area contributed by atoms with Crippen molar-refractivity contribution in [3.63, 3.8) is 0 Å². The van der Waals surface area contributed by atoms with E-state index in [1.165, 1.54) is 12.1 Å². The van der Waals surface area contributed by atoms with Crippen LogP contribution in [-0.4, -0.2) is 38.8 Å². The second kappa shape index (κ2) is 6.58. The van der Waals surface area contributed by atoms with Gasteiger partial charge < -0.3 is 15.6 Å². The summed E-state index contributed by atoms with van der Waals surface area (Å²) in [7, 11) is 0. The number of hydrogen-bond acceptors (Lipinski definition) is 2. The van der Waals surface area contributed by atoms with E-state index in [2.05, 4.69) is 10.1 Å². The van der Waals surface area contributed by atoms with Crippen LogP contribution in [0.5, 0.6) is 0 Å². The van der Waals surface area contributed by atoms with Crippen molar-refractivity contribution in [3.05, 3.63) is 42.6 Å². The molecule has 1 fully saturated rings. The van der Waals surface area contributed by atoms with Gasteiger partial charge in [0.2, 0.25) is 0 Å². The van der Waals surface area contributed by atoms with E-state index in [4.69, 9.17) is 5.73 Å². The minimum Gasteiger partial charge on any atom is -0.360 e. The lowest BCUT2D eigenvalue weighted by Gasteiger charge is -2.30. The number of fused-ring (bicyclic) bond motifs is 1. The highest BCUT2D eigenvalue weighted by atomic mass is 19.1. The molecule has 0 bridgehead atoms. The first-order valence-electron chi connectivity index (χ1n) is 7.97. The van der Waals surface area contributed by atoms with E-state index in [-0.39, 0.29) is 25.3 Å². The van der Waals surface area contributed by atoms with Gasteiger partial charge in [-0.3, -0.25) is 4.68 Å². The van der Waals surface area contributed by atoms with Crippen LogP contribution in [0.2, 0.25) is 0 Å². The Morgan fingerprint density at radius 3 is 2.80 bits per heavy atom. The quantitative estimate of drug-likeness (QED) is 0.746. The number of H-pyrrole nitrogens is 1. The van der Waals surface area contributed by atoms with Crippen molar-refractivity contribution in [2.45, 2.75) is 26.3 Å². The van der Waals surface area contributed by atoms with Crippen molar-refractivity contribution < 1.29 is 9.18 Å². The molecule has 4 rings (SSSR count). The van der Waals surface area contributed by atoms with E-state index < -0.39 is 0 Å². The predicted octanol–water partition coefficient (Wildman–Crippen LogP) is 3.52.